The number of para-hydroxylation sites is 1. The van der Waals surface area contributed by atoms with Crippen LogP contribution < -0.4 is 0 Å². The average Bonchev–Trinajstić information content (AvgIpc) is 2.63. The van der Waals surface area contributed by atoms with Crippen LogP contribution in [0.5, 0.6) is 0 Å². The summed E-state index contributed by atoms with van der Waals surface area (Å²) in [6.45, 7) is 3.24. The highest BCUT2D eigenvalue weighted by molar-refractivity contribution is 5.75. The number of halogens is 1. The molecule has 0 spiro atoms. The van der Waals surface area contributed by atoms with Crippen LogP contribution in [0.1, 0.15) is 12.7 Å². The SMILES string of the molecule is CCOCCc1nc2c(F)cccc2[nH]1. The Hall–Kier alpha value is -1.42. The summed E-state index contributed by atoms with van der Waals surface area (Å²) in [5.74, 6) is 0.481. The van der Waals surface area contributed by atoms with Gasteiger partial charge in [-0.3, -0.25) is 0 Å². The van der Waals surface area contributed by atoms with Gasteiger partial charge in [0.2, 0.25) is 0 Å². The van der Waals surface area contributed by atoms with Crippen molar-refractivity contribution in [2.24, 2.45) is 0 Å². The van der Waals surface area contributed by atoms with Gasteiger partial charge in [0, 0.05) is 13.0 Å². The standard InChI is InChI=1S/C11H13FN2O/c1-2-15-7-6-10-13-9-5-3-4-8(12)11(9)14-10/h3-5H,2,6-7H2,1H3,(H,13,14). The predicted octanol–water partition coefficient (Wildman–Crippen LogP) is 2.28. The second-order valence-electron chi connectivity index (χ2n) is 3.27. The molecule has 0 fully saturated rings. The van der Waals surface area contributed by atoms with E-state index in [0.29, 0.717) is 25.2 Å². The van der Waals surface area contributed by atoms with E-state index in [1.54, 1.807) is 6.07 Å². The summed E-state index contributed by atoms with van der Waals surface area (Å²) in [6, 6.07) is 4.90. The Morgan fingerprint density at radius 3 is 3.07 bits per heavy atom. The van der Waals surface area contributed by atoms with E-state index < -0.39 is 0 Å². The minimum absolute atomic E-state index is 0.286. The summed E-state index contributed by atoms with van der Waals surface area (Å²) in [5, 5.41) is 0. The van der Waals surface area contributed by atoms with E-state index in [4.69, 9.17) is 4.74 Å². The molecule has 1 heterocycles. The molecule has 15 heavy (non-hydrogen) atoms. The molecule has 0 radical (unpaired) electrons. The number of H-pyrrole nitrogens is 1. The Morgan fingerprint density at radius 2 is 2.33 bits per heavy atom. The van der Waals surface area contributed by atoms with Crippen molar-refractivity contribution in [2.45, 2.75) is 13.3 Å². The molecular weight excluding hydrogens is 195 g/mol. The number of aromatic nitrogens is 2. The van der Waals surface area contributed by atoms with Crippen molar-refractivity contribution in [3.05, 3.63) is 29.8 Å². The van der Waals surface area contributed by atoms with E-state index in [-0.39, 0.29) is 5.82 Å². The molecule has 1 aromatic heterocycles. The molecule has 3 nitrogen and oxygen atoms in total. The normalized spacial score (nSPS) is 11.1. The molecule has 0 saturated heterocycles. The molecule has 80 valence electrons. The second-order valence-corrected chi connectivity index (χ2v) is 3.27. The number of nitrogens with zero attached hydrogens (tertiary/aromatic N) is 1. The first kappa shape index (κ1) is 10.1. The van der Waals surface area contributed by atoms with Crippen LogP contribution in [0.25, 0.3) is 11.0 Å². The molecule has 2 aromatic rings. The first-order valence-corrected chi connectivity index (χ1v) is 5.02. The van der Waals surface area contributed by atoms with Crippen molar-refractivity contribution < 1.29 is 9.13 Å². The van der Waals surface area contributed by atoms with Gasteiger partial charge in [0.25, 0.3) is 0 Å². The van der Waals surface area contributed by atoms with Crippen LogP contribution in [-0.2, 0) is 11.2 Å². The third-order valence-electron chi connectivity index (χ3n) is 2.20. The topological polar surface area (TPSA) is 37.9 Å². The lowest BCUT2D eigenvalue weighted by Crippen LogP contribution is -1.99. The molecule has 0 aliphatic carbocycles. The van der Waals surface area contributed by atoms with Gasteiger partial charge in [0.05, 0.1) is 12.1 Å². The Kier molecular flexibility index (Phi) is 2.97. The zero-order valence-corrected chi connectivity index (χ0v) is 8.59. The Bertz CT molecular complexity index is 453. The Balaban J connectivity index is 2.20. The van der Waals surface area contributed by atoms with E-state index in [0.717, 1.165) is 11.3 Å². The van der Waals surface area contributed by atoms with Gasteiger partial charge in [-0.1, -0.05) is 6.07 Å². The fraction of sp³-hybridized carbons (Fsp3) is 0.364. The van der Waals surface area contributed by atoms with Crippen molar-refractivity contribution in [3.8, 4) is 0 Å². The maximum Gasteiger partial charge on any atom is 0.151 e. The third kappa shape index (κ3) is 2.15. The minimum Gasteiger partial charge on any atom is -0.381 e. The third-order valence-corrected chi connectivity index (χ3v) is 2.20. The summed E-state index contributed by atoms with van der Waals surface area (Å²) in [5.41, 5.74) is 1.14. The van der Waals surface area contributed by atoms with Crippen molar-refractivity contribution in [3.63, 3.8) is 0 Å². The number of rotatable bonds is 4. The molecule has 4 heteroatoms. The number of ether oxygens (including phenoxy) is 1. The van der Waals surface area contributed by atoms with Gasteiger partial charge in [-0.05, 0) is 19.1 Å². The van der Waals surface area contributed by atoms with Crippen molar-refractivity contribution in [1.82, 2.24) is 9.97 Å². The molecule has 1 N–H and O–H groups in total. The lowest BCUT2D eigenvalue weighted by molar-refractivity contribution is 0.149. The molecule has 0 amide bonds. The van der Waals surface area contributed by atoms with E-state index in [1.165, 1.54) is 6.07 Å². The van der Waals surface area contributed by atoms with Crippen LogP contribution >= 0.6 is 0 Å². The van der Waals surface area contributed by atoms with Gasteiger partial charge in [0.1, 0.15) is 11.3 Å². The summed E-state index contributed by atoms with van der Waals surface area (Å²) >= 11 is 0. The number of aromatic amines is 1. The van der Waals surface area contributed by atoms with Crippen LogP contribution in [0.15, 0.2) is 18.2 Å². The summed E-state index contributed by atoms with van der Waals surface area (Å²) in [4.78, 5) is 7.24. The molecular formula is C11H13FN2O. The molecule has 1 aromatic carbocycles. The monoisotopic (exact) mass is 208 g/mol. The number of hydrogen-bond acceptors (Lipinski definition) is 2. The molecule has 0 aliphatic heterocycles. The van der Waals surface area contributed by atoms with Crippen LogP contribution in [0.2, 0.25) is 0 Å². The van der Waals surface area contributed by atoms with Crippen LogP contribution in [0.3, 0.4) is 0 Å². The van der Waals surface area contributed by atoms with Crippen LogP contribution in [0.4, 0.5) is 4.39 Å². The van der Waals surface area contributed by atoms with Crippen molar-refractivity contribution in [2.75, 3.05) is 13.2 Å². The van der Waals surface area contributed by atoms with Gasteiger partial charge in [0.15, 0.2) is 5.82 Å². The van der Waals surface area contributed by atoms with Gasteiger partial charge in [-0.15, -0.1) is 0 Å². The summed E-state index contributed by atoms with van der Waals surface area (Å²) in [7, 11) is 0. The van der Waals surface area contributed by atoms with Crippen LogP contribution in [-0.4, -0.2) is 23.2 Å². The first-order chi connectivity index (χ1) is 7.31. The highest BCUT2D eigenvalue weighted by atomic mass is 19.1. The Morgan fingerprint density at radius 1 is 1.47 bits per heavy atom. The number of nitrogens with one attached hydrogen (secondary N) is 1. The van der Waals surface area contributed by atoms with E-state index in [9.17, 15) is 4.39 Å². The zero-order valence-electron chi connectivity index (χ0n) is 8.59. The molecule has 0 aliphatic rings. The fourth-order valence-electron chi connectivity index (χ4n) is 1.48. The zero-order chi connectivity index (χ0) is 10.7. The smallest absolute Gasteiger partial charge is 0.151 e. The largest absolute Gasteiger partial charge is 0.381 e. The fourth-order valence-corrected chi connectivity index (χ4v) is 1.48. The van der Waals surface area contributed by atoms with Gasteiger partial charge in [-0.25, -0.2) is 9.37 Å². The molecule has 0 saturated carbocycles. The maximum absolute atomic E-state index is 13.3. The van der Waals surface area contributed by atoms with Gasteiger partial charge >= 0.3 is 0 Å². The number of imidazole rings is 1. The molecule has 0 atom stereocenters. The Labute approximate surface area is 87.3 Å². The molecule has 0 bridgehead atoms. The van der Waals surface area contributed by atoms with Crippen molar-refractivity contribution >= 4 is 11.0 Å². The number of fused-ring (bicyclic) bond motifs is 1. The lowest BCUT2D eigenvalue weighted by Gasteiger charge is -1.96. The highest BCUT2D eigenvalue weighted by Crippen LogP contribution is 2.14. The summed E-state index contributed by atoms with van der Waals surface area (Å²) in [6.07, 6.45) is 0.683. The molecule has 2 rings (SSSR count). The van der Waals surface area contributed by atoms with Gasteiger partial charge < -0.3 is 9.72 Å². The number of benzene rings is 1. The quantitative estimate of drug-likeness (QED) is 0.783. The highest BCUT2D eigenvalue weighted by Gasteiger charge is 2.06. The first-order valence-electron chi connectivity index (χ1n) is 5.02. The average molecular weight is 208 g/mol. The maximum atomic E-state index is 13.3. The van der Waals surface area contributed by atoms with Gasteiger partial charge in [-0.2, -0.15) is 0 Å². The van der Waals surface area contributed by atoms with Crippen LogP contribution in [0, 0.1) is 5.82 Å². The second kappa shape index (κ2) is 4.40. The van der Waals surface area contributed by atoms with E-state index in [1.807, 2.05) is 13.0 Å². The predicted molar refractivity (Wildman–Crippen MR) is 56.2 cm³/mol. The summed E-state index contributed by atoms with van der Waals surface area (Å²) < 4.78 is 18.5. The molecule has 0 unspecified atom stereocenters. The van der Waals surface area contributed by atoms with E-state index >= 15 is 0 Å². The lowest BCUT2D eigenvalue weighted by atomic mass is 10.3. The minimum atomic E-state index is -0.286. The van der Waals surface area contributed by atoms with Crippen molar-refractivity contribution in [1.29, 1.82) is 0 Å². The van der Waals surface area contributed by atoms with E-state index in [2.05, 4.69) is 9.97 Å². The number of hydrogen-bond donors (Lipinski definition) is 1.